The molecule has 0 bridgehead atoms. The second-order valence-corrected chi connectivity index (χ2v) is 7.00. The molecule has 8 heteroatoms. The monoisotopic (exact) mass is 420 g/mol. The van der Waals surface area contributed by atoms with Crippen molar-refractivity contribution >= 4 is 46.4 Å². The van der Waals surface area contributed by atoms with E-state index in [9.17, 15) is 9.59 Å². The van der Waals surface area contributed by atoms with Gasteiger partial charge in [-0.15, -0.1) is 12.4 Å². The summed E-state index contributed by atoms with van der Waals surface area (Å²) in [4.78, 5) is 26.2. The molecule has 0 unspecified atom stereocenters. The molecule has 28 heavy (non-hydrogen) atoms. The standard InChI is InChI=1S/C20H21ClN4O2.ClH/c1-25(2)11-5-8-18(26)22-17-12-13(9-10-16(17)21)19-14-6-3-4-7-15(14)20(27)24-23-19;/h3-4,6-7,9-10,12H,5,8,11H2,1-2H3,(H,22,26)(H,24,27);1H. The molecule has 0 saturated heterocycles. The first-order valence-corrected chi connectivity index (χ1v) is 9.05. The third-order valence-electron chi connectivity index (χ3n) is 4.22. The van der Waals surface area contributed by atoms with Gasteiger partial charge in [-0.2, -0.15) is 5.10 Å². The maximum absolute atomic E-state index is 12.2. The topological polar surface area (TPSA) is 78.1 Å². The summed E-state index contributed by atoms with van der Waals surface area (Å²) >= 11 is 6.25. The molecular formula is C20H22Cl2N4O2. The average molecular weight is 421 g/mol. The molecule has 0 saturated carbocycles. The van der Waals surface area contributed by atoms with E-state index >= 15 is 0 Å². The number of carbonyl (C=O) groups excluding carboxylic acids is 1. The van der Waals surface area contributed by atoms with E-state index in [0.717, 1.165) is 23.9 Å². The summed E-state index contributed by atoms with van der Waals surface area (Å²) in [5.74, 6) is -0.0878. The van der Waals surface area contributed by atoms with E-state index in [0.29, 0.717) is 28.2 Å². The largest absolute Gasteiger partial charge is 0.325 e. The van der Waals surface area contributed by atoms with Crippen molar-refractivity contribution in [2.24, 2.45) is 0 Å². The molecule has 1 aromatic heterocycles. The van der Waals surface area contributed by atoms with E-state index in [4.69, 9.17) is 11.6 Å². The second kappa shape index (κ2) is 9.68. The molecule has 2 N–H and O–H groups in total. The number of H-pyrrole nitrogens is 1. The van der Waals surface area contributed by atoms with E-state index in [-0.39, 0.29) is 23.9 Å². The lowest BCUT2D eigenvalue weighted by Gasteiger charge is -2.12. The van der Waals surface area contributed by atoms with Gasteiger partial charge in [-0.1, -0.05) is 35.9 Å². The molecule has 0 atom stereocenters. The quantitative estimate of drug-likeness (QED) is 0.632. The Labute approximate surface area is 174 Å². The minimum absolute atomic E-state index is 0. The zero-order valence-electron chi connectivity index (χ0n) is 15.7. The molecule has 0 aliphatic carbocycles. The lowest BCUT2D eigenvalue weighted by atomic mass is 10.0. The summed E-state index contributed by atoms with van der Waals surface area (Å²) in [6, 6.07) is 12.6. The van der Waals surface area contributed by atoms with Gasteiger partial charge >= 0.3 is 0 Å². The van der Waals surface area contributed by atoms with Crippen molar-refractivity contribution in [3.63, 3.8) is 0 Å². The normalized spacial score (nSPS) is 10.7. The summed E-state index contributed by atoms with van der Waals surface area (Å²) in [5, 5.41) is 11.3. The SMILES string of the molecule is CN(C)CCCC(=O)Nc1cc(-c2n[nH]c(=O)c3ccccc23)ccc1Cl.Cl. The zero-order valence-corrected chi connectivity index (χ0v) is 17.2. The molecule has 148 valence electrons. The molecule has 3 rings (SSSR count). The molecule has 0 spiro atoms. The summed E-state index contributed by atoms with van der Waals surface area (Å²) in [5.41, 5.74) is 1.68. The zero-order chi connectivity index (χ0) is 19.4. The first-order valence-electron chi connectivity index (χ1n) is 8.67. The average Bonchev–Trinajstić information content (AvgIpc) is 2.64. The van der Waals surface area contributed by atoms with Crippen molar-refractivity contribution in [2.75, 3.05) is 26.0 Å². The van der Waals surface area contributed by atoms with Crippen molar-refractivity contribution in [3.8, 4) is 11.3 Å². The van der Waals surface area contributed by atoms with Crippen molar-refractivity contribution in [1.82, 2.24) is 15.1 Å². The molecule has 1 heterocycles. The smallest absolute Gasteiger partial charge is 0.272 e. The van der Waals surface area contributed by atoms with Crippen molar-refractivity contribution in [3.05, 3.63) is 57.8 Å². The molecule has 1 amide bonds. The van der Waals surface area contributed by atoms with Gasteiger partial charge in [0, 0.05) is 17.4 Å². The highest BCUT2D eigenvalue weighted by Crippen LogP contribution is 2.30. The van der Waals surface area contributed by atoms with Crippen LogP contribution in [0.15, 0.2) is 47.3 Å². The van der Waals surface area contributed by atoms with E-state index < -0.39 is 0 Å². The van der Waals surface area contributed by atoms with Crippen LogP contribution < -0.4 is 10.9 Å². The van der Waals surface area contributed by atoms with Crippen LogP contribution in [0, 0.1) is 0 Å². The lowest BCUT2D eigenvalue weighted by molar-refractivity contribution is -0.116. The second-order valence-electron chi connectivity index (χ2n) is 6.60. The number of benzene rings is 2. The highest BCUT2D eigenvalue weighted by molar-refractivity contribution is 6.33. The molecular weight excluding hydrogens is 399 g/mol. The van der Waals surface area contributed by atoms with Crippen LogP contribution in [0.25, 0.3) is 22.0 Å². The minimum atomic E-state index is -0.238. The number of nitrogens with zero attached hydrogens (tertiary/aromatic N) is 2. The van der Waals surface area contributed by atoms with Gasteiger partial charge in [0.2, 0.25) is 5.91 Å². The number of hydrogen-bond donors (Lipinski definition) is 2. The molecule has 6 nitrogen and oxygen atoms in total. The van der Waals surface area contributed by atoms with Crippen molar-refractivity contribution in [2.45, 2.75) is 12.8 Å². The first kappa shape index (κ1) is 21.9. The third-order valence-corrected chi connectivity index (χ3v) is 4.55. The van der Waals surface area contributed by atoms with E-state index in [1.807, 2.05) is 43.3 Å². The summed E-state index contributed by atoms with van der Waals surface area (Å²) in [6.07, 6.45) is 1.18. The number of aromatic nitrogens is 2. The van der Waals surface area contributed by atoms with Crippen LogP contribution in [-0.2, 0) is 4.79 Å². The van der Waals surface area contributed by atoms with E-state index in [1.54, 1.807) is 18.2 Å². The molecule has 0 aliphatic rings. The number of anilines is 1. The lowest BCUT2D eigenvalue weighted by Crippen LogP contribution is -2.17. The van der Waals surface area contributed by atoms with Gasteiger partial charge in [-0.25, -0.2) is 5.10 Å². The number of nitrogens with one attached hydrogen (secondary N) is 2. The fourth-order valence-corrected chi connectivity index (χ4v) is 3.04. The van der Waals surface area contributed by atoms with Crippen molar-refractivity contribution < 1.29 is 4.79 Å². The van der Waals surface area contributed by atoms with Gasteiger partial charge in [0.25, 0.3) is 5.56 Å². The van der Waals surface area contributed by atoms with Gasteiger partial charge in [0.1, 0.15) is 0 Å². The summed E-state index contributed by atoms with van der Waals surface area (Å²) < 4.78 is 0. The minimum Gasteiger partial charge on any atom is -0.325 e. The number of halogens is 2. The van der Waals surface area contributed by atoms with Gasteiger partial charge in [-0.05, 0) is 45.3 Å². The van der Waals surface area contributed by atoms with Gasteiger partial charge in [0.15, 0.2) is 0 Å². The number of carbonyl (C=O) groups is 1. The predicted octanol–water partition coefficient (Wildman–Crippen LogP) is 3.95. The Morgan fingerprint density at radius 1 is 1.18 bits per heavy atom. The van der Waals surface area contributed by atoms with Gasteiger partial charge in [-0.3, -0.25) is 9.59 Å². The highest BCUT2D eigenvalue weighted by atomic mass is 35.5. The highest BCUT2D eigenvalue weighted by Gasteiger charge is 2.12. The van der Waals surface area contributed by atoms with E-state index in [2.05, 4.69) is 15.5 Å². The van der Waals surface area contributed by atoms with Crippen LogP contribution in [0.1, 0.15) is 12.8 Å². The predicted molar refractivity (Wildman–Crippen MR) is 116 cm³/mol. The Morgan fingerprint density at radius 3 is 2.61 bits per heavy atom. The van der Waals surface area contributed by atoms with Crippen molar-refractivity contribution in [1.29, 1.82) is 0 Å². The Morgan fingerprint density at radius 2 is 1.89 bits per heavy atom. The van der Waals surface area contributed by atoms with Crippen LogP contribution >= 0.6 is 24.0 Å². The van der Waals surface area contributed by atoms with Gasteiger partial charge in [0.05, 0.1) is 21.8 Å². The molecule has 3 aromatic rings. The van der Waals surface area contributed by atoms with E-state index in [1.165, 1.54) is 0 Å². The molecule has 0 aliphatic heterocycles. The summed E-state index contributed by atoms with van der Waals surface area (Å²) in [6.45, 7) is 0.842. The van der Waals surface area contributed by atoms with Gasteiger partial charge < -0.3 is 10.2 Å². The Hall–Kier alpha value is -2.41. The molecule has 2 aromatic carbocycles. The number of amides is 1. The summed E-state index contributed by atoms with van der Waals surface area (Å²) in [7, 11) is 3.94. The molecule has 0 radical (unpaired) electrons. The molecule has 0 fully saturated rings. The Kier molecular flexibility index (Phi) is 7.57. The fraction of sp³-hybridized carbons (Fsp3) is 0.250. The van der Waals surface area contributed by atoms with Crippen LogP contribution in [0.4, 0.5) is 5.69 Å². The fourth-order valence-electron chi connectivity index (χ4n) is 2.87. The number of aromatic amines is 1. The third kappa shape index (κ3) is 5.10. The Bertz CT molecular complexity index is 1030. The Balaban J connectivity index is 0.00000280. The van der Waals surface area contributed by atoms with Crippen LogP contribution in [0.5, 0.6) is 0 Å². The number of rotatable bonds is 6. The maximum atomic E-state index is 12.2. The number of hydrogen-bond acceptors (Lipinski definition) is 4. The van der Waals surface area contributed by atoms with Crippen LogP contribution in [-0.4, -0.2) is 41.6 Å². The van der Waals surface area contributed by atoms with Crippen LogP contribution in [0.2, 0.25) is 5.02 Å². The number of fused-ring (bicyclic) bond motifs is 1. The maximum Gasteiger partial charge on any atom is 0.272 e. The van der Waals surface area contributed by atoms with Crippen LogP contribution in [0.3, 0.4) is 0 Å². The first-order chi connectivity index (χ1) is 13.0.